The Balaban J connectivity index is 2.21. The summed E-state index contributed by atoms with van der Waals surface area (Å²) in [6.45, 7) is 2.32. The summed E-state index contributed by atoms with van der Waals surface area (Å²) in [4.78, 5) is 11.9. The molecule has 1 aromatic carbocycles. The molecule has 2 N–H and O–H groups in total. The molecule has 0 aliphatic carbocycles. The highest BCUT2D eigenvalue weighted by Crippen LogP contribution is 2.15. The fraction of sp³-hybridized carbons (Fsp3) is 0.167. The van der Waals surface area contributed by atoms with Gasteiger partial charge in [-0.1, -0.05) is 6.07 Å². The molecule has 0 aliphatic heterocycles. The minimum Gasteiger partial charge on any atom is -0.422 e. The number of aryl methyl sites for hydroxylation is 1. The van der Waals surface area contributed by atoms with Gasteiger partial charge in [-0.3, -0.25) is 4.68 Å². The van der Waals surface area contributed by atoms with Gasteiger partial charge in [0.05, 0.1) is 0 Å². The summed E-state index contributed by atoms with van der Waals surface area (Å²) < 4.78 is 19.4. The summed E-state index contributed by atoms with van der Waals surface area (Å²) in [5, 5.41) is 3.93. The smallest absolute Gasteiger partial charge is 0.362 e. The van der Waals surface area contributed by atoms with Crippen LogP contribution in [0.25, 0.3) is 0 Å². The highest BCUT2D eigenvalue weighted by molar-refractivity contribution is 5.90. The Kier molecular flexibility index (Phi) is 3.27. The summed E-state index contributed by atoms with van der Waals surface area (Å²) >= 11 is 0. The van der Waals surface area contributed by atoms with Gasteiger partial charge in [0.25, 0.3) is 0 Å². The molecule has 0 unspecified atom stereocenters. The zero-order chi connectivity index (χ0) is 13.1. The lowest BCUT2D eigenvalue weighted by molar-refractivity contribution is 0.0721. The van der Waals surface area contributed by atoms with Crippen LogP contribution in [0, 0.1) is 5.82 Å². The van der Waals surface area contributed by atoms with Gasteiger partial charge in [0, 0.05) is 18.7 Å². The number of hydrogen-bond donors (Lipinski definition) is 1. The molecular formula is C12H12FN3O2. The molecule has 2 aromatic rings. The zero-order valence-corrected chi connectivity index (χ0v) is 9.76. The third kappa shape index (κ3) is 2.48. The molecule has 18 heavy (non-hydrogen) atoms. The van der Waals surface area contributed by atoms with Crippen LogP contribution >= 0.6 is 0 Å². The van der Waals surface area contributed by atoms with Crippen molar-refractivity contribution in [2.75, 3.05) is 5.73 Å². The number of nitrogen functional groups attached to an aromatic ring is 1. The predicted molar refractivity (Wildman–Crippen MR) is 63.7 cm³/mol. The SMILES string of the molecule is CCn1nc(N)cc1C(=O)Oc1cccc(F)c1. The van der Waals surface area contributed by atoms with E-state index in [2.05, 4.69) is 5.10 Å². The van der Waals surface area contributed by atoms with Crippen molar-refractivity contribution < 1.29 is 13.9 Å². The molecule has 0 saturated heterocycles. The van der Waals surface area contributed by atoms with Crippen LogP contribution in [0.2, 0.25) is 0 Å². The number of carbonyl (C=O) groups is 1. The lowest BCUT2D eigenvalue weighted by Gasteiger charge is -2.05. The van der Waals surface area contributed by atoms with E-state index in [9.17, 15) is 9.18 Å². The number of halogens is 1. The largest absolute Gasteiger partial charge is 0.422 e. The normalized spacial score (nSPS) is 10.3. The molecule has 0 radical (unpaired) electrons. The Hall–Kier alpha value is -2.37. The third-order valence-electron chi connectivity index (χ3n) is 2.31. The summed E-state index contributed by atoms with van der Waals surface area (Å²) in [6, 6.07) is 6.78. The maximum absolute atomic E-state index is 12.9. The topological polar surface area (TPSA) is 70.1 Å². The molecule has 0 bridgehead atoms. The minimum atomic E-state index is -0.619. The monoisotopic (exact) mass is 249 g/mol. The van der Waals surface area contributed by atoms with Gasteiger partial charge < -0.3 is 10.5 Å². The Morgan fingerprint density at radius 2 is 2.28 bits per heavy atom. The van der Waals surface area contributed by atoms with Crippen molar-refractivity contribution in [3.63, 3.8) is 0 Å². The second kappa shape index (κ2) is 4.87. The molecule has 0 saturated carbocycles. The van der Waals surface area contributed by atoms with Crippen molar-refractivity contribution in [1.29, 1.82) is 0 Å². The molecule has 5 nitrogen and oxygen atoms in total. The van der Waals surface area contributed by atoms with Crippen LogP contribution in [0.3, 0.4) is 0 Å². The molecule has 1 heterocycles. The standard InChI is InChI=1S/C12H12FN3O2/c1-2-16-10(7-11(14)15-16)12(17)18-9-5-3-4-8(13)6-9/h3-7H,2H2,1H3,(H2,14,15). The first kappa shape index (κ1) is 12.1. The van der Waals surface area contributed by atoms with Gasteiger partial charge in [0.1, 0.15) is 23.1 Å². The first-order valence-electron chi connectivity index (χ1n) is 5.41. The van der Waals surface area contributed by atoms with Gasteiger partial charge in [0.2, 0.25) is 0 Å². The molecule has 0 aliphatic rings. The number of aromatic nitrogens is 2. The molecule has 2 rings (SSSR count). The minimum absolute atomic E-state index is 0.141. The van der Waals surface area contributed by atoms with E-state index >= 15 is 0 Å². The predicted octanol–water partition coefficient (Wildman–Crippen LogP) is 1.84. The summed E-state index contributed by atoms with van der Waals surface area (Å²) in [5.41, 5.74) is 5.75. The average molecular weight is 249 g/mol. The van der Waals surface area contributed by atoms with Gasteiger partial charge in [-0.15, -0.1) is 0 Å². The zero-order valence-electron chi connectivity index (χ0n) is 9.76. The van der Waals surface area contributed by atoms with E-state index in [-0.39, 0.29) is 17.3 Å². The lowest BCUT2D eigenvalue weighted by atomic mass is 10.3. The first-order valence-corrected chi connectivity index (χ1v) is 5.41. The number of ether oxygens (including phenoxy) is 1. The number of nitrogens with two attached hydrogens (primary N) is 1. The van der Waals surface area contributed by atoms with E-state index in [0.717, 1.165) is 6.07 Å². The first-order chi connectivity index (χ1) is 8.60. The van der Waals surface area contributed by atoms with Gasteiger partial charge in [0.15, 0.2) is 0 Å². The molecule has 0 fully saturated rings. The Morgan fingerprint density at radius 3 is 2.94 bits per heavy atom. The number of hydrogen-bond acceptors (Lipinski definition) is 4. The lowest BCUT2D eigenvalue weighted by Crippen LogP contribution is -2.15. The number of benzene rings is 1. The number of carbonyl (C=O) groups excluding carboxylic acids is 1. The maximum atomic E-state index is 12.9. The quantitative estimate of drug-likeness (QED) is 0.665. The van der Waals surface area contributed by atoms with Crippen molar-refractivity contribution in [1.82, 2.24) is 9.78 Å². The Labute approximate surface area is 103 Å². The van der Waals surface area contributed by atoms with Gasteiger partial charge in [-0.25, -0.2) is 9.18 Å². The second-order valence-electron chi connectivity index (χ2n) is 3.62. The van der Waals surface area contributed by atoms with E-state index in [1.807, 2.05) is 6.92 Å². The van der Waals surface area contributed by atoms with Gasteiger partial charge >= 0.3 is 5.97 Å². The fourth-order valence-electron chi connectivity index (χ4n) is 1.53. The van der Waals surface area contributed by atoms with E-state index in [0.29, 0.717) is 6.54 Å². The molecule has 94 valence electrons. The van der Waals surface area contributed by atoms with Crippen molar-refractivity contribution in [3.05, 3.63) is 41.8 Å². The van der Waals surface area contributed by atoms with Crippen LogP contribution in [0.1, 0.15) is 17.4 Å². The number of anilines is 1. The van der Waals surface area contributed by atoms with Crippen molar-refractivity contribution in [2.45, 2.75) is 13.5 Å². The van der Waals surface area contributed by atoms with Crippen LogP contribution in [-0.2, 0) is 6.54 Å². The Bertz CT molecular complexity index is 580. The van der Waals surface area contributed by atoms with Crippen LogP contribution in [0.4, 0.5) is 10.2 Å². The molecule has 1 aromatic heterocycles. The van der Waals surface area contributed by atoms with Crippen molar-refractivity contribution in [3.8, 4) is 5.75 Å². The number of esters is 1. The molecular weight excluding hydrogens is 237 g/mol. The van der Waals surface area contributed by atoms with Crippen LogP contribution < -0.4 is 10.5 Å². The Morgan fingerprint density at radius 1 is 1.50 bits per heavy atom. The number of nitrogens with zero attached hydrogens (tertiary/aromatic N) is 2. The molecule has 0 atom stereocenters. The van der Waals surface area contributed by atoms with Crippen LogP contribution in [-0.4, -0.2) is 15.7 Å². The van der Waals surface area contributed by atoms with Gasteiger partial charge in [-0.05, 0) is 19.1 Å². The highest BCUT2D eigenvalue weighted by Gasteiger charge is 2.15. The average Bonchev–Trinajstić information content (AvgIpc) is 2.70. The van der Waals surface area contributed by atoms with Crippen LogP contribution in [0.5, 0.6) is 5.75 Å². The van der Waals surface area contributed by atoms with E-state index < -0.39 is 11.8 Å². The van der Waals surface area contributed by atoms with Crippen molar-refractivity contribution >= 4 is 11.8 Å². The van der Waals surface area contributed by atoms with E-state index in [1.54, 1.807) is 0 Å². The van der Waals surface area contributed by atoms with E-state index in [1.165, 1.54) is 28.9 Å². The highest BCUT2D eigenvalue weighted by atomic mass is 19.1. The number of rotatable bonds is 3. The summed E-state index contributed by atoms with van der Waals surface area (Å²) in [6.07, 6.45) is 0. The van der Waals surface area contributed by atoms with E-state index in [4.69, 9.17) is 10.5 Å². The third-order valence-corrected chi connectivity index (χ3v) is 2.31. The van der Waals surface area contributed by atoms with Gasteiger partial charge in [-0.2, -0.15) is 5.10 Å². The molecule has 6 heteroatoms. The summed E-state index contributed by atoms with van der Waals surface area (Å²) in [5.74, 6) is -0.707. The molecule has 0 spiro atoms. The molecule has 0 amide bonds. The fourth-order valence-corrected chi connectivity index (χ4v) is 1.53. The maximum Gasteiger partial charge on any atom is 0.362 e. The van der Waals surface area contributed by atoms with Crippen LogP contribution in [0.15, 0.2) is 30.3 Å². The van der Waals surface area contributed by atoms with Crippen molar-refractivity contribution in [2.24, 2.45) is 0 Å². The second-order valence-corrected chi connectivity index (χ2v) is 3.62. The summed E-state index contributed by atoms with van der Waals surface area (Å²) in [7, 11) is 0.